The van der Waals surface area contributed by atoms with Crippen molar-refractivity contribution >= 4 is 23.0 Å². The van der Waals surface area contributed by atoms with Crippen LogP contribution in [0.2, 0.25) is 0 Å². The summed E-state index contributed by atoms with van der Waals surface area (Å²) in [5.74, 6) is 0.571. The Morgan fingerprint density at radius 1 is 1.11 bits per heavy atom. The number of nitrogens with one attached hydrogen (secondary N) is 2. The van der Waals surface area contributed by atoms with Gasteiger partial charge in [0.05, 0.1) is 17.5 Å². The van der Waals surface area contributed by atoms with Crippen LogP contribution in [0.5, 0.6) is 0 Å². The maximum Gasteiger partial charge on any atom is 0.255 e. The second-order valence-electron chi connectivity index (χ2n) is 8.50. The molecule has 28 heavy (non-hydrogen) atoms. The molecule has 2 saturated carbocycles. The summed E-state index contributed by atoms with van der Waals surface area (Å²) in [6.45, 7) is 1.61. The zero-order chi connectivity index (χ0) is 19.1. The topological polar surface area (TPSA) is 91.0 Å². The predicted molar refractivity (Wildman–Crippen MR) is 105 cm³/mol. The summed E-state index contributed by atoms with van der Waals surface area (Å²) in [7, 11) is 0. The highest BCUT2D eigenvalue weighted by molar-refractivity contribution is 6.06. The van der Waals surface area contributed by atoms with E-state index in [4.69, 9.17) is 4.98 Å². The molecule has 3 heterocycles. The number of carbonyl (C=O) groups excluding carboxylic acids is 2. The molecule has 2 N–H and O–H groups in total. The van der Waals surface area contributed by atoms with E-state index in [0.717, 1.165) is 70.2 Å². The van der Waals surface area contributed by atoms with Crippen molar-refractivity contribution in [2.75, 3.05) is 13.1 Å². The van der Waals surface area contributed by atoms with E-state index in [0.29, 0.717) is 22.6 Å². The van der Waals surface area contributed by atoms with E-state index >= 15 is 0 Å². The highest BCUT2D eigenvalue weighted by Gasteiger charge is 2.36. The zero-order valence-corrected chi connectivity index (χ0v) is 16.1. The van der Waals surface area contributed by atoms with Gasteiger partial charge in [-0.15, -0.1) is 0 Å². The molecule has 2 aliphatic carbocycles. The van der Waals surface area contributed by atoms with Gasteiger partial charge >= 0.3 is 0 Å². The Balaban J connectivity index is 1.40. The number of aromatic nitrogens is 3. The third kappa shape index (κ3) is 3.27. The van der Waals surface area contributed by atoms with Crippen molar-refractivity contribution < 1.29 is 9.59 Å². The van der Waals surface area contributed by atoms with Crippen molar-refractivity contribution in [2.24, 2.45) is 5.92 Å². The van der Waals surface area contributed by atoms with Crippen LogP contribution >= 0.6 is 0 Å². The summed E-state index contributed by atoms with van der Waals surface area (Å²) in [4.78, 5) is 40.4. The third-order valence-corrected chi connectivity index (χ3v) is 6.48. The largest absolute Gasteiger partial charge is 0.344 e. The summed E-state index contributed by atoms with van der Waals surface area (Å²) >= 11 is 0. The standard InChI is InChI=1S/C21H27N5O2/c27-20(15-11-22-19-18(15)24-16(12-23-19)13-7-8-13)25-17(14-5-1-2-6-14)21(28)26-9-3-4-10-26/h11-14,17H,1-10H2,(H,22,23)(H,25,27). The first kappa shape index (κ1) is 17.6. The van der Waals surface area contributed by atoms with Crippen LogP contribution in [0.15, 0.2) is 12.4 Å². The van der Waals surface area contributed by atoms with Crippen LogP contribution in [0, 0.1) is 5.92 Å². The summed E-state index contributed by atoms with van der Waals surface area (Å²) < 4.78 is 0. The molecule has 1 saturated heterocycles. The molecular weight excluding hydrogens is 354 g/mol. The second-order valence-corrected chi connectivity index (χ2v) is 8.50. The number of likely N-dealkylation sites (tertiary alicyclic amines) is 1. The fourth-order valence-corrected chi connectivity index (χ4v) is 4.68. The molecule has 7 heteroatoms. The molecule has 0 spiro atoms. The number of amides is 2. The fourth-order valence-electron chi connectivity index (χ4n) is 4.68. The Kier molecular flexibility index (Phi) is 4.53. The van der Waals surface area contributed by atoms with E-state index in [9.17, 15) is 9.59 Å². The summed E-state index contributed by atoms with van der Waals surface area (Å²) in [5, 5.41) is 3.08. The Bertz CT molecular complexity index is 891. The normalized spacial score (nSPS) is 21.4. The van der Waals surface area contributed by atoms with Crippen molar-refractivity contribution in [3.8, 4) is 0 Å². The first-order valence-electron chi connectivity index (χ1n) is 10.6. The van der Waals surface area contributed by atoms with Gasteiger partial charge in [-0.2, -0.15) is 0 Å². The zero-order valence-electron chi connectivity index (χ0n) is 16.1. The lowest BCUT2D eigenvalue weighted by atomic mass is 9.96. The molecule has 0 radical (unpaired) electrons. The van der Waals surface area contributed by atoms with Crippen molar-refractivity contribution in [2.45, 2.75) is 63.3 Å². The molecule has 7 nitrogen and oxygen atoms in total. The van der Waals surface area contributed by atoms with Crippen molar-refractivity contribution in [3.63, 3.8) is 0 Å². The van der Waals surface area contributed by atoms with Crippen LogP contribution in [0.3, 0.4) is 0 Å². The lowest BCUT2D eigenvalue weighted by Crippen LogP contribution is -2.51. The lowest BCUT2D eigenvalue weighted by Gasteiger charge is -2.28. The van der Waals surface area contributed by atoms with E-state index in [2.05, 4.69) is 15.3 Å². The first-order valence-corrected chi connectivity index (χ1v) is 10.6. The summed E-state index contributed by atoms with van der Waals surface area (Å²) in [6.07, 6.45) is 12.1. The fraction of sp³-hybridized carbons (Fsp3) is 0.619. The number of nitrogens with zero attached hydrogens (tertiary/aromatic N) is 3. The van der Waals surface area contributed by atoms with Crippen LogP contribution in [-0.2, 0) is 4.79 Å². The van der Waals surface area contributed by atoms with Gasteiger partial charge in [-0.25, -0.2) is 9.97 Å². The van der Waals surface area contributed by atoms with E-state index in [1.807, 2.05) is 4.90 Å². The van der Waals surface area contributed by atoms with E-state index in [1.165, 1.54) is 0 Å². The maximum atomic E-state index is 13.1. The van der Waals surface area contributed by atoms with Gasteiger partial charge in [-0.05, 0) is 44.4 Å². The number of aromatic amines is 1. The van der Waals surface area contributed by atoms with Crippen LogP contribution in [0.4, 0.5) is 0 Å². The molecule has 5 rings (SSSR count). The van der Waals surface area contributed by atoms with Gasteiger partial charge in [0, 0.05) is 25.2 Å². The number of hydrogen-bond donors (Lipinski definition) is 2. The predicted octanol–water partition coefficient (Wildman–Crippen LogP) is 2.75. The molecular formula is C21H27N5O2. The summed E-state index contributed by atoms with van der Waals surface area (Å²) in [6, 6.07) is -0.433. The minimum Gasteiger partial charge on any atom is -0.344 e. The number of H-pyrrole nitrogens is 1. The molecule has 148 valence electrons. The van der Waals surface area contributed by atoms with Gasteiger partial charge in [-0.1, -0.05) is 12.8 Å². The Labute approximate surface area is 164 Å². The van der Waals surface area contributed by atoms with Gasteiger partial charge in [-0.3, -0.25) is 9.59 Å². The SMILES string of the molecule is O=C(NC(C(=O)N1CCCC1)C1CCCC1)c1c[nH]c2ncc(C3CC3)nc12. The lowest BCUT2D eigenvalue weighted by molar-refractivity contribution is -0.133. The van der Waals surface area contributed by atoms with Crippen molar-refractivity contribution in [1.29, 1.82) is 0 Å². The van der Waals surface area contributed by atoms with Gasteiger partial charge < -0.3 is 15.2 Å². The van der Waals surface area contributed by atoms with Crippen molar-refractivity contribution in [3.05, 3.63) is 23.7 Å². The van der Waals surface area contributed by atoms with Gasteiger partial charge in [0.1, 0.15) is 11.6 Å². The van der Waals surface area contributed by atoms with Crippen LogP contribution in [0.1, 0.15) is 73.3 Å². The maximum absolute atomic E-state index is 13.1. The Morgan fingerprint density at radius 2 is 1.86 bits per heavy atom. The number of fused-ring (bicyclic) bond motifs is 1. The summed E-state index contributed by atoms with van der Waals surface area (Å²) in [5.41, 5.74) is 2.68. The number of rotatable bonds is 5. The first-order chi connectivity index (χ1) is 13.7. The Hall–Kier alpha value is -2.44. The molecule has 3 fully saturated rings. The molecule has 0 bridgehead atoms. The molecule has 2 aromatic rings. The molecule has 0 aromatic carbocycles. The molecule has 2 amide bonds. The molecule has 1 atom stereocenters. The van der Waals surface area contributed by atoms with E-state index in [-0.39, 0.29) is 17.7 Å². The highest BCUT2D eigenvalue weighted by atomic mass is 16.2. The van der Waals surface area contributed by atoms with Crippen molar-refractivity contribution in [1.82, 2.24) is 25.2 Å². The van der Waals surface area contributed by atoms with E-state index in [1.54, 1.807) is 12.4 Å². The Morgan fingerprint density at radius 3 is 2.57 bits per heavy atom. The average molecular weight is 381 g/mol. The van der Waals surface area contributed by atoms with Crippen LogP contribution in [0.25, 0.3) is 11.2 Å². The monoisotopic (exact) mass is 381 g/mol. The van der Waals surface area contributed by atoms with Gasteiger partial charge in [0.15, 0.2) is 5.65 Å². The third-order valence-electron chi connectivity index (χ3n) is 6.48. The molecule has 3 aliphatic rings. The second kappa shape index (κ2) is 7.18. The highest BCUT2D eigenvalue weighted by Crippen LogP contribution is 2.39. The van der Waals surface area contributed by atoms with E-state index < -0.39 is 6.04 Å². The quantitative estimate of drug-likeness (QED) is 0.833. The molecule has 1 unspecified atom stereocenters. The minimum absolute atomic E-state index is 0.0855. The smallest absolute Gasteiger partial charge is 0.255 e. The number of hydrogen-bond acceptors (Lipinski definition) is 4. The van der Waals surface area contributed by atoms with Gasteiger partial charge in [0.25, 0.3) is 5.91 Å². The molecule has 1 aliphatic heterocycles. The number of carbonyl (C=O) groups is 2. The minimum atomic E-state index is -0.433. The van der Waals surface area contributed by atoms with Gasteiger partial charge in [0.2, 0.25) is 5.91 Å². The van der Waals surface area contributed by atoms with Crippen LogP contribution < -0.4 is 5.32 Å². The van der Waals surface area contributed by atoms with Crippen LogP contribution in [-0.4, -0.2) is 50.8 Å². The molecule has 2 aromatic heterocycles. The average Bonchev–Trinajstić information content (AvgIpc) is 3.13.